The number of hydrogen-bond donors (Lipinski definition) is 1. The van der Waals surface area contributed by atoms with Gasteiger partial charge >= 0.3 is 0 Å². The third-order valence-electron chi connectivity index (χ3n) is 1.77. The van der Waals surface area contributed by atoms with Crippen molar-refractivity contribution in [3.8, 4) is 6.07 Å². The maximum atomic E-state index is 8.63. The van der Waals surface area contributed by atoms with Gasteiger partial charge in [0, 0.05) is 17.5 Å². The van der Waals surface area contributed by atoms with Gasteiger partial charge in [-0.3, -0.25) is 4.99 Å². The van der Waals surface area contributed by atoms with Crippen LogP contribution in [0.3, 0.4) is 0 Å². The van der Waals surface area contributed by atoms with Crippen molar-refractivity contribution in [1.29, 1.82) is 5.26 Å². The monoisotopic (exact) mass is 157 g/mol. The minimum absolute atomic E-state index is 0.599. The van der Waals surface area contributed by atoms with Crippen molar-refractivity contribution in [3.05, 3.63) is 29.3 Å². The molecule has 12 heavy (non-hydrogen) atoms. The third-order valence-corrected chi connectivity index (χ3v) is 1.77. The lowest BCUT2D eigenvalue weighted by atomic mass is 10.1. The zero-order valence-electron chi connectivity index (χ0n) is 6.41. The van der Waals surface area contributed by atoms with Gasteiger partial charge in [-0.05, 0) is 12.1 Å². The number of hydrogen-bond acceptors (Lipinski definition) is 3. The molecule has 0 atom stereocenters. The predicted molar refractivity (Wildman–Crippen MR) is 47.2 cm³/mol. The highest BCUT2D eigenvalue weighted by atomic mass is 15.0. The summed E-state index contributed by atoms with van der Waals surface area (Å²) in [7, 11) is 0. The molecule has 0 unspecified atom stereocenters. The van der Waals surface area contributed by atoms with Crippen molar-refractivity contribution in [1.82, 2.24) is 0 Å². The molecule has 0 fully saturated rings. The predicted octanol–water partition coefficient (Wildman–Crippen LogP) is 1.36. The van der Waals surface area contributed by atoms with E-state index in [2.05, 4.69) is 16.4 Å². The van der Waals surface area contributed by atoms with E-state index in [9.17, 15) is 0 Å². The van der Waals surface area contributed by atoms with Gasteiger partial charge < -0.3 is 5.32 Å². The fourth-order valence-corrected chi connectivity index (χ4v) is 1.17. The molecule has 0 bridgehead atoms. The van der Waals surface area contributed by atoms with E-state index in [0.717, 1.165) is 11.3 Å². The van der Waals surface area contributed by atoms with Gasteiger partial charge in [-0.2, -0.15) is 5.26 Å². The first-order chi connectivity index (χ1) is 5.90. The molecular formula is C9H7N3. The fraction of sp³-hybridized carbons (Fsp3) is 0.111. The molecule has 1 aromatic rings. The van der Waals surface area contributed by atoms with Crippen LogP contribution in [0.25, 0.3) is 0 Å². The molecule has 0 spiro atoms. The molecule has 0 saturated carbocycles. The highest BCUT2D eigenvalue weighted by molar-refractivity contribution is 5.89. The van der Waals surface area contributed by atoms with Crippen molar-refractivity contribution in [2.45, 2.75) is 0 Å². The second-order valence-electron chi connectivity index (χ2n) is 2.56. The summed E-state index contributed by atoms with van der Waals surface area (Å²) in [6, 6.07) is 7.61. The SMILES string of the molecule is N#Cc1ccc2c(c1)NCN=C2. The molecule has 0 saturated heterocycles. The first-order valence-electron chi connectivity index (χ1n) is 3.68. The number of fused-ring (bicyclic) bond motifs is 1. The zero-order chi connectivity index (χ0) is 8.39. The van der Waals surface area contributed by atoms with Crippen LogP contribution in [-0.4, -0.2) is 12.9 Å². The third kappa shape index (κ3) is 1.04. The van der Waals surface area contributed by atoms with Gasteiger partial charge in [0.1, 0.15) is 6.67 Å². The molecule has 0 radical (unpaired) electrons. The van der Waals surface area contributed by atoms with E-state index in [-0.39, 0.29) is 0 Å². The number of nitriles is 1. The lowest BCUT2D eigenvalue weighted by molar-refractivity contribution is 1.13. The molecule has 1 heterocycles. The van der Waals surface area contributed by atoms with Crippen molar-refractivity contribution >= 4 is 11.9 Å². The van der Waals surface area contributed by atoms with Crippen LogP contribution in [0.1, 0.15) is 11.1 Å². The molecule has 3 heteroatoms. The van der Waals surface area contributed by atoms with E-state index in [1.807, 2.05) is 18.3 Å². The van der Waals surface area contributed by atoms with Gasteiger partial charge in [-0.15, -0.1) is 0 Å². The number of anilines is 1. The van der Waals surface area contributed by atoms with E-state index in [0.29, 0.717) is 12.2 Å². The van der Waals surface area contributed by atoms with Crippen LogP contribution in [0.15, 0.2) is 23.2 Å². The molecule has 1 aromatic carbocycles. The van der Waals surface area contributed by atoms with Crippen LogP contribution in [0.4, 0.5) is 5.69 Å². The summed E-state index contributed by atoms with van der Waals surface area (Å²) in [4.78, 5) is 4.05. The molecule has 1 N–H and O–H groups in total. The highest BCUT2D eigenvalue weighted by Crippen LogP contribution is 2.17. The van der Waals surface area contributed by atoms with Crippen LogP contribution in [-0.2, 0) is 0 Å². The number of aliphatic imine (C=N–C) groups is 1. The Bertz CT molecular complexity index is 374. The van der Waals surface area contributed by atoms with Gasteiger partial charge in [0.2, 0.25) is 0 Å². The maximum Gasteiger partial charge on any atom is 0.107 e. The first kappa shape index (κ1) is 6.86. The van der Waals surface area contributed by atoms with Gasteiger partial charge in [0.25, 0.3) is 0 Å². The van der Waals surface area contributed by atoms with Crippen molar-refractivity contribution < 1.29 is 0 Å². The lowest BCUT2D eigenvalue weighted by Crippen LogP contribution is -2.07. The standard InChI is InChI=1S/C9H7N3/c10-4-7-1-2-8-5-11-6-12-9(8)3-7/h1-3,5,12H,6H2. The summed E-state index contributed by atoms with van der Waals surface area (Å²) in [5.74, 6) is 0. The molecular weight excluding hydrogens is 150 g/mol. The molecule has 1 aliphatic rings. The van der Waals surface area contributed by atoms with Crippen LogP contribution >= 0.6 is 0 Å². The lowest BCUT2D eigenvalue weighted by Gasteiger charge is -2.11. The van der Waals surface area contributed by atoms with E-state index in [4.69, 9.17) is 5.26 Å². The minimum Gasteiger partial charge on any atom is -0.366 e. The molecule has 0 amide bonds. The summed E-state index contributed by atoms with van der Waals surface area (Å²) in [5.41, 5.74) is 2.71. The first-order valence-corrected chi connectivity index (χ1v) is 3.68. The number of rotatable bonds is 0. The normalized spacial score (nSPS) is 12.9. The molecule has 0 aromatic heterocycles. The van der Waals surface area contributed by atoms with Crippen molar-refractivity contribution in [2.24, 2.45) is 4.99 Å². The van der Waals surface area contributed by atoms with E-state index in [1.54, 1.807) is 6.07 Å². The summed E-state index contributed by atoms with van der Waals surface area (Å²) in [6.07, 6.45) is 1.81. The van der Waals surface area contributed by atoms with E-state index < -0.39 is 0 Å². The molecule has 58 valence electrons. The van der Waals surface area contributed by atoms with E-state index >= 15 is 0 Å². The van der Waals surface area contributed by atoms with Gasteiger partial charge in [-0.25, -0.2) is 0 Å². The molecule has 1 aliphatic heterocycles. The molecule has 3 nitrogen and oxygen atoms in total. The average Bonchev–Trinajstić information content (AvgIpc) is 2.17. The van der Waals surface area contributed by atoms with Crippen LogP contribution in [0, 0.1) is 11.3 Å². The number of nitrogens with zero attached hydrogens (tertiary/aromatic N) is 2. The quantitative estimate of drug-likeness (QED) is 0.618. The Kier molecular flexibility index (Phi) is 1.52. The Hall–Kier alpha value is -1.82. The minimum atomic E-state index is 0.599. The van der Waals surface area contributed by atoms with Crippen LogP contribution < -0.4 is 5.32 Å². The summed E-state index contributed by atoms with van der Waals surface area (Å²) < 4.78 is 0. The largest absolute Gasteiger partial charge is 0.366 e. The number of nitrogens with one attached hydrogen (secondary N) is 1. The number of benzene rings is 1. The molecule has 2 rings (SSSR count). The summed E-state index contributed by atoms with van der Waals surface area (Å²) >= 11 is 0. The van der Waals surface area contributed by atoms with Crippen LogP contribution in [0.5, 0.6) is 0 Å². The highest BCUT2D eigenvalue weighted by Gasteiger charge is 2.03. The smallest absolute Gasteiger partial charge is 0.107 e. The van der Waals surface area contributed by atoms with Gasteiger partial charge in [0.05, 0.1) is 11.6 Å². The topological polar surface area (TPSA) is 48.2 Å². The Morgan fingerprint density at radius 3 is 3.25 bits per heavy atom. The van der Waals surface area contributed by atoms with Gasteiger partial charge in [0.15, 0.2) is 0 Å². The maximum absolute atomic E-state index is 8.63. The Morgan fingerprint density at radius 1 is 1.50 bits per heavy atom. The van der Waals surface area contributed by atoms with E-state index in [1.165, 1.54) is 0 Å². The second-order valence-corrected chi connectivity index (χ2v) is 2.56. The summed E-state index contributed by atoms with van der Waals surface area (Å²) in [5, 5.41) is 11.7. The Balaban J connectivity index is 2.53. The Morgan fingerprint density at radius 2 is 2.42 bits per heavy atom. The summed E-state index contributed by atoms with van der Waals surface area (Å²) in [6.45, 7) is 0.599. The van der Waals surface area contributed by atoms with Gasteiger partial charge in [-0.1, -0.05) is 6.07 Å². The second kappa shape index (κ2) is 2.67. The fourth-order valence-electron chi connectivity index (χ4n) is 1.17. The van der Waals surface area contributed by atoms with Crippen molar-refractivity contribution in [2.75, 3.05) is 12.0 Å². The van der Waals surface area contributed by atoms with Crippen LogP contribution in [0.2, 0.25) is 0 Å². The molecule has 0 aliphatic carbocycles. The van der Waals surface area contributed by atoms with Crippen molar-refractivity contribution in [3.63, 3.8) is 0 Å². The average molecular weight is 157 g/mol. The Labute approximate surface area is 70.4 Å². The zero-order valence-corrected chi connectivity index (χ0v) is 6.41.